The van der Waals surface area contributed by atoms with Crippen molar-refractivity contribution in [1.82, 2.24) is 25.1 Å². The lowest BCUT2D eigenvalue weighted by Crippen LogP contribution is -2.51. The maximum Gasteiger partial charge on any atom is 0.421 e. The largest absolute Gasteiger partial charge is 0.421 e. The molecule has 4 heterocycles. The number of carbonyl (C=O) groups excluding carboxylic acids is 1. The number of carbonyl (C=O) groups is 1. The molecule has 2 aromatic heterocycles. The van der Waals surface area contributed by atoms with Crippen molar-refractivity contribution in [3.05, 3.63) is 39.9 Å². The van der Waals surface area contributed by atoms with Gasteiger partial charge in [-0.15, -0.1) is 0 Å². The molecule has 1 amide bonds. The van der Waals surface area contributed by atoms with E-state index >= 15 is 0 Å². The quantitative estimate of drug-likeness (QED) is 0.654. The minimum absolute atomic E-state index is 0.0634. The van der Waals surface area contributed by atoms with E-state index < -0.39 is 35.0 Å². The van der Waals surface area contributed by atoms with E-state index in [1.165, 1.54) is 4.90 Å². The van der Waals surface area contributed by atoms with E-state index in [1.54, 1.807) is 9.80 Å². The minimum atomic E-state index is -4.82. The molecular formula is C19H19F6N7O2. The number of H-pyrrole nitrogens is 1. The lowest BCUT2D eigenvalue weighted by molar-refractivity contribution is -0.139. The Morgan fingerprint density at radius 3 is 2.18 bits per heavy atom. The van der Waals surface area contributed by atoms with E-state index in [2.05, 4.69) is 15.1 Å². The predicted octanol–water partition coefficient (Wildman–Crippen LogP) is 1.77. The number of piperazine rings is 1. The molecule has 0 unspecified atom stereocenters. The molecule has 9 nitrogen and oxygen atoms in total. The third-order valence-electron chi connectivity index (χ3n) is 5.80. The zero-order valence-electron chi connectivity index (χ0n) is 17.5. The Hall–Kier alpha value is -3.39. The summed E-state index contributed by atoms with van der Waals surface area (Å²) in [6.07, 6.45) is -7.53. The minimum Gasteiger partial charge on any atom is -0.354 e. The second-order valence-electron chi connectivity index (χ2n) is 7.98. The average Bonchev–Trinajstić information content (AvgIpc) is 3.28. The van der Waals surface area contributed by atoms with Gasteiger partial charge in [-0.3, -0.25) is 9.59 Å². The van der Waals surface area contributed by atoms with Gasteiger partial charge in [-0.05, 0) is 6.42 Å². The molecule has 0 aliphatic carbocycles. The molecule has 2 aliphatic rings. The molecular weight excluding hydrogens is 472 g/mol. The molecule has 1 N–H and O–H groups in total. The van der Waals surface area contributed by atoms with Crippen LogP contribution >= 0.6 is 0 Å². The number of halogens is 6. The van der Waals surface area contributed by atoms with Crippen molar-refractivity contribution in [3.8, 4) is 0 Å². The highest BCUT2D eigenvalue weighted by Crippen LogP contribution is 2.31. The van der Waals surface area contributed by atoms with Crippen molar-refractivity contribution in [2.45, 2.75) is 18.8 Å². The number of nitrogens with one attached hydrogen (secondary N) is 1. The van der Waals surface area contributed by atoms with Crippen molar-refractivity contribution in [2.24, 2.45) is 5.92 Å². The first-order valence-corrected chi connectivity index (χ1v) is 10.3. The van der Waals surface area contributed by atoms with Crippen LogP contribution in [-0.4, -0.2) is 70.2 Å². The molecule has 1 atom stereocenters. The number of hydrogen-bond donors (Lipinski definition) is 1. The van der Waals surface area contributed by atoms with Crippen LogP contribution in [0.1, 0.15) is 17.5 Å². The topological polar surface area (TPSA) is 98.3 Å². The lowest BCUT2D eigenvalue weighted by atomic mass is 10.1. The standard InChI is InChI=1S/C19H19F6N7O2/c20-18(21,22)12-8-26-17(27-9-12)31-5-3-30(4-6-31)16(34)11-1-2-32(10-11)14-7-13(19(23,24)25)15(33)29-28-14/h7-9,11H,1-6,10H2,(H,29,33)/t11-/m1/s1. The third-order valence-corrected chi connectivity index (χ3v) is 5.80. The zero-order valence-corrected chi connectivity index (χ0v) is 17.5. The van der Waals surface area contributed by atoms with E-state index in [4.69, 9.17) is 0 Å². The van der Waals surface area contributed by atoms with Crippen LogP contribution in [0.4, 0.5) is 38.1 Å². The van der Waals surface area contributed by atoms with E-state index in [9.17, 15) is 35.9 Å². The second kappa shape index (κ2) is 8.76. The number of amides is 1. The Morgan fingerprint density at radius 1 is 0.941 bits per heavy atom. The smallest absolute Gasteiger partial charge is 0.354 e. The van der Waals surface area contributed by atoms with Gasteiger partial charge in [0.15, 0.2) is 0 Å². The Kier molecular flexibility index (Phi) is 6.12. The van der Waals surface area contributed by atoms with Gasteiger partial charge in [-0.25, -0.2) is 15.1 Å². The van der Waals surface area contributed by atoms with Crippen LogP contribution in [-0.2, 0) is 17.1 Å². The van der Waals surface area contributed by atoms with Crippen LogP contribution in [0.15, 0.2) is 23.3 Å². The van der Waals surface area contributed by atoms with Gasteiger partial charge in [0, 0.05) is 57.7 Å². The second-order valence-corrected chi connectivity index (χ2v) is 7.98. The number of alkyl halides is 6. The fourth-order valence-corrected chi connectivity index (χ4v) is 3.95. The molecule has 2 fully saturated rings. The first kappa shape index (κ1) is 23.8. The number of anilines is 2. The number of hydrogen-bond acceptors (Lipinski definition) is 7. The van der Waals surface area contributed by atoms with Gasteiger partial charge in [0.2, 0.25) is 11.9 Å². The highest BCUT2D eigenvalue weighted by molar-refractivity contribution is 5.80. The summed E-state index contributed by atoms with van der Waals surface area (Å²) in [6, 6.07) is 0.675. The van der Waals surface area contributed by atoms with Gasteiger partial charge < -0.3 is 14.7 Å². The van der Waals surface area contributed by atoms with E-state index in [-0.39, 0.29) is 24.2 Å². The molecule has 2 aliphatic heterocycles. The number of rotatable bonds is 3. The Balaban J connectivity index is 1.34. The van der Waals surface area contributed by atoms with E-state index in [0.717, 1.165) is 0 Å². The Morgan fingerprint density at radius 2 is 1.59 bits per heavy atom. The molecule has 0 aromatic carbocycles. The van der Waals surface area contributed by atoms with Crippen LogP contribution in [0.2, 0.25) is 0 Å². The van der Waals surface area contributed by atoms with Gasteiger partial charge in [-0.1, -0.05) is 0 Å². The third kappa shape index (κ3) is 4.92. The molecule has 4 rings (SSSR count). The molecule has 0 spiro atoms. The van der Waals surface area contributed by atoms with Gasteiger partial charge in [0.1, 0.15) is 11.4 Å². The molecule has 0 radical (unpaired) electrons. The molecule has 15 heteroatoms. The Bertz CT molecular complexity index is 1090. The summed E-state index contributed by atoms with van der Waals surface area (Å²) < 4.78 is 77.0. The molecule has 0 bridgehead atoms. The summed E-state index contributed by atoms with van der Waals surface area (Å²) in [7, 11) is 0. The van der Waals surface area contributed by atoms with E-state index in [1.807, 2.05) is 5.10 Å². The normalized spacial score (nSPS) is 19.6. The van der Waals surface area contributed by atoms with Crippen LogP contribution < -0.4 is 15.4 Å². The van der Waals surface area contributed by atoms with Crippen molar-refractivity contribution >= 4 is 17.7 Å². The van der Waals surface area contributed by atoms with Gasteiger partial charge in [0.05, 0.1) is 11.5 Å². The predicted molar refractivity (Wildman–Crippen MR) is 106 cm³/mol. The fraction of sp³-hybridized carbons (Fsp3) is 0.526. The summed E-state index contributed by atoms with van der Waals surface area (Å²) in [6.45, 7) is 1.70. The molecule has 184 valence electrons. The molecule has 2 aromatic rings. The van der Waals surface area contributed by atoms with Crippen LogP contribution in [0.5, 0.6) is 0 Å². The first-order chi connectivity index (χ1) is 15.9. The molecule has 34 heavy (non-hydrogen) atoms. The summed E-state index contributed by atoms with van der Waals surface area (Å²) in [5.41, 5.74) is -3.64. The highest BCUT2D eigenvalue weighted by atomic mass is 19.4. The lowest BCUT2D eigenvalue weighted by Gasteiger charge is -2.36. The summed E-state index contributed by atoms with van der Waals surface area (Å²) in [5, 5.41) is 5.53. The van der Waals surface area contributed by atoms with Crippen molar-refractivity contribution in [1.29, 1.82) is 0 Å². The maximum atomic E-state index is 13.0. The van der Waals surface area contributed by atoms with E-state index in [0.29, 0.717) is 57.6 Å². The first-order valence-electron chi connectivity index (χ1n) is 10.3. The maximum absolute atomic E-state index is 13.0. The van der Waals surface area contributed by atoms with Gasteiger partial charge in [0.25, 0.3) is 5.56 Å². The number of aromatic amines is 1. The summed E-state index contributed by atoms with van der Waals surface area (Å²) >= 11 is 0. The van der Waals surface area contributed by atoms with Gasteiger partial charge >= 0.3 is 12.4 Å². The summed E-state index contributed by atoms with van der Waals surface area (Å²) in [4.78, 5) is 36.7. The highest BCUT2D eigenvalue weighted by Gasteiger charge is 2.37. The van der Waals surface area contributed by atoms with Crippen LogP contribution in [0.25, 0.3) is 0 Å². The van der Waals surface area contributed by atoms with Crippen molar-refractivity contribution in [2.75, 3.05) is 49.1 Å². The van der Waals surface area contributed by atoms with Gasteiger partial charge in [-0.2, -0.15) is 31.4 Å². The summed E-state index contributed by atoms with van der Waals surface area (Å²) in [5.74, 6) is -0.559. The van der Waals surface area contributed by atoms with Crippen LogP contribution in [0.3, 0.4) is 0 Å². The molecule has 0 saturated carbocycles. The van der Waals surface area contributed by atoms with Crippen molar-refractivity contribution in [3.63, 3.8) is 0 Å². The SMILES string of the molecule is O=C([C@@H]1CCN(c2cc(C(F)(F)F)c(=O)[nH]n2)C1)N1CCN(c2ncc(C(F)(F)F)cn2)CC1. The average molecular weight is 491 g/mol. The Labute approximate surface area is 188 Å². The van der Waals surface area contributed by atoms with Crippen molar-refractivity contribution < 1.29 is 31.1 Å². The zero-order chi connectivity index (χ0) is 24.7. The monoisotopic (exact) mass is 491 g/mol. The number of aromatic nitrogens is 4. The molecule has 2 saturated heterocycles. The van der Waals surface area contributed by atoms with Crippen LogP contribution in [0, 0.1) is 5.92 Å². The number of nitrogens with zero attached hydrogens (tertiary/aromatic N) is 6. The fourth-order valence-electron chi connectivity index (χ4n) is 3.95.